The molecule has 3 atom stereocenters. The van der Waals surface area contributed by atoms with Crippen molar-refractivity contribution in [2.75, 3.05) is 20.3 Å². The summed E-state index contributed by atoms with van der Waals surface area (Å²) >= 11 is 0. The monoisotopic (exact) mass is 277 g/mol. The van der Waals surface area contributed by atoms with Crippen molar-refractivity contribution in [1.82, 2.24) is 15.1 Å². The van der Waals surface area contributed by atoms with Crippen molar-refractivity contribution in [3.8, 4) is 0 Å². The van der Waals surface area contributed by atoms with Crippen LogP contribution in [0.5, 0.6) is 0 Å². The van der Waals surface area contributed by atoms with Crippen molar-refractivity contribution >= 4 is 5.91 Å². The van der Waals surface area contributed by atoms with Gasteiger partial charge in [0.15, 0.2) is 0 Å². The van der Waals surface area contributed by atoms with Crippen molar-refractivity contribution < 1.29 is 14.3 Å². The topological polar surface area (TPSA) is 64.5 Å². The second-order valence-corrected chi connectivity index (χ2v) is 5.31. The van der Waals surface area contributed by atoms with Crippen molar-refractivity contribution in [3.63, 3.8) is 0 Å². The molecule has 0 aromatic carbocycles. The predicted octanol–water partition coefficient (Wildman–Crippen LogP) is 0.885. The van der Waals surface area contributed by atoms with Crippen LogP contribution in [0, 0.1) is 0 Å². The highest BCUT2D eigenvalue weighted by atomic mass is 16.5. The normalized spacial score (nSPS) is 29.2. The molecule has 0 aliphatic carbocycles. The molecule has 2 aliphatic heterocycles. The molecule has 2 saturated heterocycles. The van der Waals surface area contributed by atoms with E-state index in [1.165, 1.54) is 6.20 Å². The maximum Gasteiger partial charge on any atom is 0.255 e. The number of hydrogen-bond donors (Lipinski definition) is 0. The number of aromatic nitrogens is 2. The largest absolute Gasteiger partial charge is 0.382 e. The lowest BCUT2D eigenvalue weighted by Crippen LogP contribution is -2.45. The fourth-order valence-corrected chi connectivity index (χ4v) is 3.14. The molecule has 0 bridgehead atoms. The molecular weight excluding hydrogens is 258 g/mol. The first-order valence-electron chi connectivity index (χ1n) is 7.01. The van der Waals surface area contributed by atoms with Crippen LogP contribution >= 0.6 is 0 Å². The van der Waals surface area contributed by atoms with Gasteiger partial charge in [-0.05, 0) is 25.3 Å². The molecule has 1 aromatic rings. The Morgan fingerprint density at radius 3 is 3.10 bits per heavy atom. The van der Waals surface area contributed by atoms with Gasteiger partial charge in [0.25, 0.3) is 5.91 Å². The van der Waals surface area contributed by atoms with Crippen molar-refractivity contribution in [3.05, 3.63) is 24.0 Å². The lowest BCUT2D eigenvalue weighted by Gasteiger charge is -2.35. The molecular formula is C14H19N3O3. The van der Waals surface area contributed by atoms with Crippen molar-refractivity contribution in [1.29, 1.82) is 0 Å². The molecule has 0 unspecified atom stereocenters. The van der Waals surface area contributed by atoms with Gasteiger partial charge in [0.2, 0.25) is 0 Å². The molecule has 3 rings (SSSR count). The first kappa shape index (κ1) is 13.5. The number of amides is 1. The van der Waals surface area contributed by atoms with Gasteiger partial charge >= 0.3 is 0 Å². The van der Waals surface area contributed by atoms with E-state index in [-0.39, 0.29) is 24.2 Å². The zero-order valence-electron chi connectivity index (χ0n) is 11.6. The van der Waals surface area contributed by atoms with Crippen LogP contribution in [0.4, 0.5) is 0 Å². The Labute approximate surface area is 118 Å². The minimum Gasteiger partial charge on any atom is -0.382 e. The minimum absolute atomic E-state index is 0.0289. The molecule has 0 spiro atoms. The van der Waals surface area contributed by atoms with Gasteiger partial charge in [-0.2, -0.15) is 10.2 Å². The molecule has 20 heavy (non-hydrogen) atoms. The van der Waals surface area contributed by atoms with Crippen LogP contribution in [0.25, 0.3) is 0 Å². The fraction of sp³-hybridized carbons (Fsp3) is 0.643. The number of carbonyl (C=O) groups is 1. The molecule has 1 aromatic heterocycles. The second kappa shape index (κ2) is 5.85. The molecule has 0 N–H and O–H groups in total. The second-order valence-electron chi connectivity index (χ2n) is 5.31. The first-order valence-corrected chi connectivity index (χ1v) is 7.01. The quantitative estimate of drug-likeness (QED) is 0.821. The number of rotatable bonds is 3. The van der Waals surface area contributed by atoms with E-state index < -0.39 is 0 Å². The maximum absolute atomic E-state index is 12.5. The van der Waals surface area contributed by atoms with Crippen LogP contribution in [0.1, 0.15) is 29.6 Å². The van der Waals surface area contributed by atoms with Gasteiger partial charge in [0.05, 0.1) is 42.8 Å². The highest BCUT2D eigenvalue weighted by Gasteiger charge is 2.42. The highest BCUT2D eigenvalue weighted by Crippen LogP contribution is 2.32. The number of hydrogen-bond acceptors (Lipinski definition) is 5. The van der Waals surface area contributed by atoms with E-state index in [1.54, 1.807) is 19.4 Å². The lowest BCUT2D eigenvalue weighted by molar-refractivity contribution is -0.0903. The molecule has 2 aliphatic rings. The van der Waals surface area contributed by atoms with Crippen LogP contribution in [-0.2, 0) is 9.47 Å². The van der Waals surface area contributed by atoms with Gasteiger partial charge < -0.3 is 14.4 Å². The minimum atomic E-state index is 0.0289. The third-order valence-electron chi connectivity index (χ3n) is 4.08. The average molecular weight is 277 g/mol. The Bertz CT molecular complexity index is 468. The summed E-state index contributed by atoms with van der Waals surface area (Å²) in [6.45, 7) is 1.38. The molecule has 6 nitrogen and oxygen atoms in total. The Morgan fingerprint density at radius 1 is 1.45 bits per heavy atom. The van der Waals surface area contributed by atoms with Gasteiger partial charge in [-0.25, -0.2) is 0 Å². The van der Waals surface area contributed by atoms with Crippen LogP contribution in [-0.4, -0.2) is 59.5 Å². The molecule has 1 amide bonds. The molecule has 2 fully saturated rings. The van der Waals surface area contributed by atoms with E-state index in [0.717, 1.165) is 25.8 Å². The van der Waals surface area contributed by atoms with E-state index in [2.05, 4.69) is 10.2 Å². The summed E-state index contributed by atoms with van der Waals surface area (Å²) in [7, 11) is 1.69. The first-order chi connectivity index (χ1) is 9.79. The highest BCUT2D eigenvalue weighted by molar-refractivity contribution is 5.94. The number of likely N-dealkylation sites (tertiary alicyclic amines) is 1. The molecule has 0 saturated carbocycles. The number of methoxy groups -OCH3 is 1. The van der Waals surface area contributed by atoms with Crippen LogP contribution in [0.3, 0.4) is 0 Å². The Morgan fingerprint density at radius 2 is 2.35 bits per heavy atom. The number of nitrogens with zero attached hydrogens (tertiary/aromatic N) is 3. The summed E-state index contributed by atoms with van der Waals surface area (Å²) in [6, 6.07) is 1.89. The van der Waals surface area contributed by atoms with E-state index in [1.807, 2.05) is 4.90 Å². The number of carbonyl (C=O) groups excluding carboxylic acids is 1. The summed E-state index contributed by atoms with van der Waals surface area (Å²) in [6.07, 6.45) is 6.19. The van der Waals surface area contributed by atoms with Gasteiger partial charge in [0, 0.05) is 13.7 Å². The van der Waals surface area contributed by atoms with E-state index in [0.29, 0.717) is 12.2 Å². The molecule has 3 heterocycles. The summed E-state index contributed by atoms with van der Waals surface area (Å²) in [5.74, 6) is 0.0289. The molecule has 6 heteroatoms. The predicted molar refractivity (Wildman–Crippen MR) is 71.2 cm³/mol. The molecule has 108 valence electrons. The Hall–Kier alpha value is -1.53. The zero-order valence-corrected chi connectivity index (χ0v) is 11.6. The average Bonchev–Trinajstić information content (AvgIpc) is 2.91. The molecule has 0 radical (unpaired) electrons. The van der Waals surface area contributed by atoms with Crippen LogP contribution in [0.15, 0.2) is 18.5 Å². The third-order valence-corrected chi connectivity index (χ3v) is 4.08. The van der Waals surface area contributed by atoms with E-state index >= 15 is 0 Å². The van der Waals surface area contributed by atoms with Gasteiger partial charge in [-0.1, -0.05) is 0 Å². The van der Waals surface area contributed by atoms with E-state index in [9.17, 15) is 4.79 Å². The summed E-state index contributed by atoms with van der Waals surface area (Å²) < 4.78 is 11.2. The maximum atomic E-state index is 12.5. The van der Waals surface area contributed by atoms with Crippen LogP contribution < -0.4 is 0 Å². The van der Waals surface area contributed by atoms with Crippen molar-refractivity contribution in [2.24, 2.45) is 0 Å². The fourth-order valence-electron chi connectivity index (χ4n) is 3.14. The van der Waals surface area contributed by atoms with Gasteiger partial charge in [0.1, 0.15) is 0 Å². The number of fused-ring (bicyclic) bond motifs is 1. The number of ether oxygens (including phenoxy) is 2. The van der Waals surface area contributed by atoms with Gasteiger partial charge in [-0.15, -0.1) is 0 Å². The summed E-state index contributed by atoms with van der Waals surface area (Å²) in [4.78, 5) is 14.4. The smallest absolute Gasteiger partial charge is 0.255 e. The Balaban J connectivity index is 1.68. The Kier molecular flexibility index (Phi) is 3.93. The van der Waals surface area contributed by atoms with Crippen LogP contribution in [0.2, 0.25) is 0 Å². The SMILES string of the molecule is COC[C@H]1CC[C@H]2[C@H](CCN2C(=O)c2ccnnc2)O1. The van der Waals surface area contributed by atoms with Gasteiger partial charge in [-0.3, -0.25) is 4.79 Å². The lowest BCUT2D eigenvalue weighted by atomic mass is 9.99. The zero-order chi connectivity index (χ0) is 13.9. The summed E-state index contributed by atoms with van der Waals surface area (Å²) in [5.41, 5.74) is 0.597. The van der Waals surface area contributed by atoms with E-state index in [4.69, 9.17) is 9.47 Å². The summed E-state index contributed by atoms with van der Waals surface area (Å²) in [5, 5.41) is 7.48. The third kappa shape index (κ3) is 2.53. The van der Waals surface area contributed by atoms with Crippen molar-refractivity contribution in [2.45, 2.75) is 37.5 Å². The standard InChI is InChI=1S/C14H19N3O3/c1-19-9-11-2-3-12-13(20-11)5-7-17(12)14(18)10-4-6-15-16-8-10/h4,6,8,11-13H,2-3,5,7,9H2,1H3/t11-,12+,13+/m1/s1.